The highest BCUT2D eigenvalue weighted by Gasteiger charge is 2.07. The summed E-state index contributed by atoms with van der Waals surface area (Å²) < 4.78 is 13.0. The summed E-state index contributed by atoms with van der Waals surface area (Å²) in [6.07, 6.45) is 0.772. The third-order valence-electron chi connectivity index (χ3n) is 2.07. The monoisotopic (exact) mass is 196 g/mol. The smallest absolute Gasteiger partial charge is 0.125 e. The molecular weight excluding hydrogens is 179 g/mol. The molecule has 2 nitrogen and oxygen atoms in total. The number of nitrogens with two attached hydrogens (primary N) is 1. The van der Waals surface area contributed by atoms with E-state index in [1.807, 2.05) is 25.9 Å². The van der Waals surface area contributed by atoms with Crippen molar-refractivity contribution in [1.82, 2.24) is 0 Å². The maximum Gasteiger partial charge on any atom is 0.125 e. The van der Waals surface area contributed by atoms with Crippen molar-refractivity contribution in [3.05, 3.63) is 29.6 Å². The Hall–Kier alpha value is -1.09. The fourth-order valence-electron chi connectivity index (χ4n) is 1.47. The number of benzene rings is 1. The van der Waals surface area contributed by atoms with E-state index in [4.69, 9.17) is 5.73 Å². The van der Waals surface area contributed by atoms with E-state index in [2.05, 4.69) is 0 Å². The van der Waals surface area contributed by atoms with Gasteiger partial charge < -0.3 is 10.6 Å². The minimum atomic E-state index is -0.206. The highest BCUT2D eigenvalue weighted by molar-refractivity contribution is 5.53. The molecule has 78 valence electrons. The molecule has 0 saturated carbocycles. The van der Waals surface area contributed by atoms with E-state index in [9.17, 15) is 4.39 Å². The minimum Gasteiger partial charge on any atom is -0.377 e. The topological polar surface area (TPSA) is 29.3 Å². The molecule has 3 heteroatoms. The van der Waals surface area contributed by atoms with Crippen molar-refractivity contribution in [2.75, 3.05) is 19.0 Å². The van der Waals surface area contributed by atoms with Gasteiger partial charge >= 0.3 is 0 Å². The molecule has 0 amide bonds. The molecule has 1 rings (SSSR count). The zero-order valence-electron chi connectivity index (χ0n) is 8.92. The molecule has 0 aliphatic heterocycles. The van der Waals surface area contributed by atoms with Crippen molar-refractivity contribution in [1.29, 1.82) is 0 Å². The lowest BCUT2D eigenvalue weighted by Gasteiger charge is -2.18. The lowest BCUT2D eigenvalue weighted by atomic mass is 10.0. The van der Waals surface area contributed by atoms with Gasteiger partial charge in [0.1, 0.15) is 5.82 Å². The van der Waals surface area contributed by atoms with E-state index in [1.165, 1.54) is 12.1 Å². The van der Waals surface area contributed by atoms with Gasteiger partial charge in [-0.3, -0.25) is 0 Å². The molecule has 1 aromatic carbocycles. The predicted octanol–water partition coefficient (Wildman–Crippen LogP) is 1.78. The Bertz CT molecular complexity index is 308. The van der Waals surface area contributed by atoms with Crippen molar-refractivity contribution in [2.45, 2.75) is 19.4 Å². The van der Waals surface area contributed by atoms with Crippen LogP contribution in [0, 0.1) is 5.82 Å². The summed E-state index contributed by atoms with van der Waals surface area (Å²) in [6, 6.07) is 4.91. The number of halogens is 1. The Labute approximate surface area is 84.5 Å². The Morgan fingerprint density at radius 1 is 1.43 bits per heavy atom. The van der Waals surface area contributed by atoms with Gasteiger partial charge in [0.2, 0.25) is 0 Å². The van der Waals surface area contributed by atoms with Gasteiger partial charge in [-0.25, -0.2) is 4.39 Å². The summed E-state index contributed by atoms with van der Waals surface area (Å²) in [5, 5.41) is 0. The van der Waals surface area contributed by atoms with Crippen LogP contribution in [-0.2, 0) is 6.42 Å². The van der Waals surface area contributed by atoms with Crippen LogP contribution in [0.3, 0.4) is 0 Å². The van der Waals surface area contributed by atoms with Crippen LogP contribution in [0.1, 0.15) is 12.5 Å². The molecule has 0 bridgehead atoms. The van der Waals surface area contributed by atoms with Crippen molar-refractivity contribution < 1.29 is 4.39 Å². The average Bonchev–Trinajstić information content (AvgIpc) is 2.07. The molecule has 0 fully saturated rings. The third kappa shape index (κ3) is 2.70. The van der Waals surface area contributed by atoms with Crippen molar-refractivity contribution in [3.8, 4) is 0 Å². The Kier molecular flexibility index (Phi) is 3.47. The lowest BCUT2D eigenvalue weighted by Crippen LogP contribution is -2.20. The summed E-state index contributed by atoms with van der Waals surface area (Å²) in [6.45, 7) is 1.95. The second-order valence-corrected chi connectivity index (χ2v) is 3.85. The van der Waals surface area contributed by atoms with Gasteiger partial charge in [-0.1, -0.05) is 6.07 Å². The van der Waals surface area contributed by atoms with E-state index in [-0.39, 0.29) is 11.9 Å². The summed E-state index contributed by atoms with van der Waals surface area (Å²) in [5.74, 6) is -0.206. The van der Waals surface area contributed by atoms with Crippen LogP contribution in [0.25, 0.3) is 0 Å². The molecule has 0 saturated heterocycles. The summed E-state index contributed by atoms with van der Waals surface area (Å²) >= 11 is 0. The van der Waals surface area contributed by atoms with Crippen LogP contribution in [0.15, 0.2) is 18.2 Å². The maximum absolute atomic E-state index is 13.0. The Balaban J connectivity index is 3.02. The second-order valence-electron chi connectivity index (χ2n) is 3.85. The molecule has 1 aromatic rings. The number of anilines is 1. The zero-order valence-corrected chi connectivity index (χ0v) is 8.92. The molecule has 0 heterocycles. The third-order valence-corrected chi connectivity index (χ3v) is 2.07. The van der Waals surface area contributed by atoms with E-state index in [0.29, 0.717) is 0 Å². The SMILES string of the molecule is CC(N)Cc1ccc(F)cc1N(C)C. The summed E-state index contributed by atoms with van der Waals surface area (Å²) in [5.41, 5.74) is 7.71. The van der Waals surface area contributed by atoms with Gasteiger partial charge in [0.15, 0.2) is 0 Å². The van der Waals surface area contributed by atoms with Crippen LogP contribution in [0.4, 0.5) is 10.1 Å². The maximum atomic E-state index is 13.0. The second kappa shape index (κ2) is 4.42. The minimum absolute atomic E-state index is 0.0964. The molecule has 14 heavy (non-hydrogen) atoms. The first-order valence-corrected chi connectivity index (χ1v) is 4.72. The Morgan fingerprint density at radius 3 is 2.57 bits per heavy atom. The first-order valence-electron chi connectivity index (χ1n) is 4.72. The van der Waals surface area contributed by atoms with Crippen LogP contribution >= 0.6 is 0 Å². The van der Waals surface area contributed by atoms with Gasteiger partial charge in [-0.15, -0.1) is 0 Å². The fraction of sp³-hybridized carbons (Fsp3) is 0.455. The molecule has 0 aliphatic carbocycles. The van der Waals surface area contributed by atoms with Gasteiger partial charge in [0.25, 0.3) is 0 Å². The highest BCUT2D eigenvalue weighted by Crippen LogP contribution is 2.20. The first kappa shape index (κ1) is 11.0. The molecular formula is C11H17FN2. The van der Waals surface area contributed by atoms with Crippen LogP contribution < -0.4 is 10.6 Å². The number of nitrogens with zero attached hydrogens (tertiary/aromatic N) is 1. The standard InChI is InChI=1S/C11H17FN2/c1-8(13)6-9-4-5-10(12)7-11(9)14(2)3/h4-5,7-8H,6,13H2,1-3H3. The summed E-state index contributed by atoms with van der Waals surface area (Å²) in [4.78, 5) is 1.90. The average molecular weight is 196 g/mol. The van der Waals surface area contributed by atoms with Gasteiger partial charge in [0, 0.05) is 25.8 Å². The highest BCUT2D eigenvalue weighted by atomic mass is 19.1. The van der Waals surface area contributed by atoms with Gasteiger partial charge in [-0.2, -0.15) is 0 Å². The number of rotatable bonds is 3. The van der Waals surface area contributed by atoms with Crippen molar-refractivity contribution in [2.24, 2.45) is 5.73 Å². The van der Waals surface area contributed by atoms with E-state index >= 15 is 0 Å². The largest absolute Gasteiger partial charge is 0.377 e. The molecule has 0 spiro atoms. The summed E-state index contributed by atoms with van der Waals surface area (Å²) in [7, 11) is 3.80. The molecule has 1 atom stereocenters. The number of hydrogen-bond donors (Lipinski definition) is 1. The Morgan fingerprint density at radius 2 is 2.07 bits per heavy atom. The predicted molar refractivity (Wildman–Crippen MR) is 58.1 cm³/mol. The van der Waals surface area contributed by atoms with E-state index < -0.39 is 0 Å². The van der Waals surface area contributed by atoms with Gasteiger partial charge in [-0.05, 0) is 31.0 Å². The molecule has 1 unspecified atom stereocenters. The van der Waals surface area contributed by atoms with Crippen molar-refractivity contribution in [3.63, 3.8) is 0 Å². The number of hydrogen-bond acceptors (Lipinski definition) is 2. The first-order chi connectivity index (χ1) is 6.50. The van der Waals surface area contributed by atoms with Crippen molar-refractivity contribution >= 4 is 5.69 Å². The van der Waals surface area contributed by atoms with Crippen LogP contribution in [0.2, 0.25) is 0 Å². The van der Waals surface area contributed by atoms with E-state index in [1.54, 1.807) is 6.07 Å². The van der Waals surface area contributed by atoms with Gasteiger partial charge in [0.05, 0.1) is 0 Å². The zero-order chi connectivity index (χ0) is 10.7. The van der Waals surface area contributed by atoms with Crippen LogP contribution in [0.5, 0.6) is 0 Å². The molecule has 0 aromatic heterocycles. The quantitative estimate of drug-likeness (QED) is 0.798. The fourth-order valence-corrected chi connectivity index (χ4v) is 1.47. The normalized spacial score (nSPS) is 12.6. The molecule has 2 N–H and O–H groups in total. The molecule has 0 radical (unpaired) electrons. The molecule has 0 aliphatic rings. The van der Waals surface area contributed by atoms with E-state index in [0.717, 1.165) is 17.7 Å². The lowest BCUT2D eigenvalue weighted by molar-refractivity contribution is 0.625. The van der Waals surface area contributed by atoms with Crippen LogP contribution in [-0.4, -0.2) is 20.1 Å².